The first-order valence-corrected chi connectivity index (χ1v) is 14.5. The summed E-state index contributed by atoms with van der Waals surface area (Å²) in [6.45, 7) is 12.3. The highest BCUT2D eigenvalue weighted by atomic mass is 32.2. The zero-order valence-corrected chi connectivity index (χ0v) is 24.0. The van der Waals surface area contributed by atoms with Crippen molar-refractivity contribution < 1.29 is 21.6 Å². The monoisotopic (exact) mass is 554 g/mol. The molecule has 0 bridgehead atoms. The smallest absolute Gasteiger partial charge is 0.232 e. The molecule has 0 saturated heterocycles. The highest BCUT2D eigenvalue weighted by Gasteiger charge is 2.40. The van der Waals surface area contributed by atoms with E-state index in [0.717, 1.165) is 17.4 Å². The van der Waals surface area contributed by atoms with Gasteiger partial charge in [-0.25, -0.2) is 13.1 Å². The van der Waals surface area contributed by atoms with E-state index in [1.165, 1.54) is 28.9 Å². The van der Waals surface area contributed by atoms with Crippen molar-refractivity contribution in [3.63, 3.8) is 0 Å². The van der Waals surface area contributed by atoms with E-state index in [4.69, 9.17) is 0 Å². The highest BCUT2D eigenvalue weighted by Crippen LogP contribution is 2.44. The van der Waals surface area contributed by atoms with Crippen molar-refractivity contribution in [1.29, 1.82) is 0 Å². The maximum absolute atomic E-state index is 14.5. The van der Waals surface area contributed by atoms with Crippen LogP contribution >= 0.6 is 0 Å². The lowest BCUT2D eigenvalue weighted by Gasteiger charge is -2.20. The molecule has 4 nitrogen and oxygen atoms in total. The first kappa shape index (κ1) is 28.6. The lowest BCUT2D eigenvalue weighted by atomic mass is 9.86. The van der Waals surface area contributed by atoms with Gasteiger partial charge in [-0.05, 0) is 51.8 Å². The molecule has 0 unspecified atom stereocenters. The van der Waals surface area contributed by atoms with Gasteiger partial charge in [0.05, 0.1) is 16.3 Å². The fraction of sp³-hybridized carbons (Fsp3) is 0.323. The van der Waals surface area contributed by atoms with Crippen molar-refractivity contribution in [2.75, 3.05) is 6.26 Å². The van der Waals surface area contributed by atoms with Crippen LogP contribution in [0.5, 0.6) is 0 Å². The van der Waals surface area contributed by atoms with Crippen LogP contribution in [0, 0.1) is 0 Å². The number of aromatic nitrogens is 2. The van der Waals surface area contributed by atoms with E-state index in [1.807, 2.05) is 45.0 Å². The van der Waals surface area contributed by atoms with Crippen molar-refractivity contribution in [2.24, 2.45) is 0 Å². The van der Waals surface area contributed by atoms with E-state index in [9.17, 15) is 21.6 Å². The summed E-state index contributed by atoms with van der Waals surface area (Å²) in [4.78, 5) is 0.0824. The Morgan fingerprint density at radius 3 is 1.51 bits per heavy atom. The Hall–Kier alpha value is -3.39. The Balaban J connectivity index is 2.04. The van der Waals surface area contributed by atoms with Crippen LogP contribution in [0.3, 0.4) is 0 Å². The minimum atomic E-state index is -4.73. The third kappa shape index (κ3) is 5.96. The number of halogens is 3. The molecule has 0 atom stereocenters. The van der Waals surface area contributed by atoms with Crippen molar-refractivity contribution in [3.8, 4) is 28.1 Å². The molecule has 1 aromatic heterocycles. The lowest BCUT2D eigenvalue weighted by molar-refractivity contribution is -0.140. The van der Waals surface area contributed by atoms with E-state index in [-0.39, 0.29) is 27.0 Å². The average Bonchev–Trinajstić information content (AvgIpc) is 3.24. The molecule has 0 saturated carbocycles. The zero-order chi connectivity index (χ0) is 29.0. The molecule has 4 rings (SSSR count). The Morgan fingerprint density at radius 2 is 1.10 bits per heavy atom. The van der Waals surface area contributed by atoms with Crippen LogP contribution in [0.25, 0.3) is 28.1 Å². The largest absolute Gasteiger partial charge is 0.435 e. The summed E-state index contributed by atoms with van der Waals surface area (Å²) in [7, 11) is -3.48. The number of rotatable bonds is 4. The SMILES string of the molecule is CC(C)(C)c1ccc(-c2c(C(F)(F)F)nn(-c3ccc(C(C)(C)C)cc3)c2-c2ccc(S(C)(=O)=O)cc2)cc1. The maximum atomic E-state index is 14.5. The van der Waals surface area contributed by atoms with E-state index >= 15 is 0 Å². The summed E-state index contributed by atoms with van der Waals surface area (Å²) in [5.74, 6) is 0. The van der Waals surface area contributed by atoms with Crippen LogP contribution < -0.4 is 0 Å². The van der Waals surface area contributed by atoms with Crippen molar-refractivity contribution in [1.82, 2.24) is 9.78 Å². The van der Waals surface area contributed by atoms with Gasteiger partial charge in [-0.2, -0.15) is 18.3 Å². The van der Waals surface area contributed by atoms with Gasteiger partial charge in [-0.3, -0.25) is 0 Å². The molecule has 0 aliphatic rings. The average molecular weight is 555 g/mol. The quantitative estimate of drug-likeness (QED) is 0.255. The first-order chi connectivity index (χ1) is 17.9. The van der Waals surface area contributed by atoms with Crippen molar-refractivity contribution in [3.05, 3.63) is 89.6 Å². The van der Waals surface area contributed by atoms with Gasteiger partial charge in [0, 0.05) is 17.4 Å². The Bertz CT molecular complexity index is 1590. The van der Waals surface area contributed by atoms with Crippen LogP contribution in [-0.2, 0) is 26.8 Å². The third-order valence-electron chi connectivity index (χ3n) is 6.73. The summed E-state index contributed by atoms with van der Waals surface area (Å²) >= 11 is 0. The van der Waals surface area contributed by atoms with Gasteiger partial charge in [0.1, 0.15) is 0 Å². The van der Waals surface area contributed by atoms with Crippen LogP contribution in [-0.4, -0.2) is 24.5 Å². The number of benzene rings is 3. The van der Waals surface area contributed by atoms with Crippen molar-refractivity contribution in [2.45, 2.75) is 63.4 Å². The van der Waals surface area contributed by atoms with Gasteiger partial charge in [-0.15, -0.1) is 0 Å². The number of nitrogens with zero attached hydrogens (tertiary/aromatic N) is 2. The van der Waals surface area contributed by atoms with Gasteiger partial charge in [0.2, 0.25) is 0 Å². The molecule has 39 heavy (non-hydrogen) atoms. The molecule has 206 valence electrons. The normalized spacial score (nSPS) is 13.1. The molecule has 4 aromatic rings. The molecule has 3 aromatic carbocycles. The summed E-state index contributed by atoms with van der Waals surface area (Å²) in [5, 5.41) is 4.11. The Kier molecular flexibility index (Phi) is 7.09. The number of hydrogen-bond acceptors (Lipinski definition) is 3. The molecular formula is C31H33F3N2O2S. The van der Waals surface area contributed by atoms with E-state index < -0.39 is 21.7 Å². The predicted molar refractivity (Wildman–Crippen MR) is 150 cm³/mol. The molecule has 0 amide bonds. The summed E-state index contributed by atoms with van der Waals surface area (Å²) in [5.41, 5.74) is 2.13. The van der Waals surface area contributed by atoms with Gasteiger partial charge >= 0.3 is 6.18 Å². The summed E-state index contributed by atoms with van der Waals surface area (Å²) in [6, 6.07) is 20.2. The van der Waals surface area contributed by atoms with Gasteiger partial charge in [0.25, 0.3) is 0 Å². The van der Waals surface area contributed by atoms with Crippen LogP contribution in [0.1, 0.15) is 58.4 Å². The molecule has 0 radical (unpaired) electrons. The second-order valence-corrected chi connectivity index (χ2v) is 13.9. The second-order valence-electron chi connectivity index (χ2n) is 11.9. The van der Waals surface area contributed by atoms with Gasteiger partial charge < -0.3 is 0 Å². The van der Waals surface area contributed by atoms with E-state index in [2.05, 4.69) is 25.9 Å². The minimum absolute atomic E-state index is 0.0602. The molecule has 0 fully saturated rings. The topological polar surface area (TPSA) is 52.0 Å². The Labute approximate surface area is 228 Å². The van der Waals surface area contributed by atoms with Crippen LogP contribution in [0.2, 0.25) is 0 Å². The molecule has 0 aliphatic carbocycles. The van der Waals surface area contributed by atoms with Crippen LogP contribution in [0.15, 0.2) is 77.7 Å². The summed E-state index contributed by atoms with van der Waals surface area (Å²) in [6.07, 6.45) is -3.64. The van der Waals surface area contributed by atoms with E-state index in [1.54, 1.807) is 24.3 Å². The lowest BCUT2D eigenvalue weighted by Crippen LogP contribution is -2.11. The molecule has 0 N–H and O–H groups in total. The molecule has 1 heterocycles. The fourth-order valence-electron chi connectivity index (χ4n) is 4.44. The number of alkyl halides is 3. The zero-order valence-electron chi connectivity index (χ0n) is 23.2. The Morgan fingerprint density at radius 1 is 0.667 bits per heavy atom. The number of hydrogen-bond donors (Lipinski definition) is 0. The van der Waals surface area contributed by atoms with E-state index in [0.29, 0.717) is 16.8 Å². The minimum Gasteiger partial charge on any atom is -0.232 e. The summed E-state index contributed by atoms with van der Waals surface area (Å²) < 4.78 is 68.9. The fourth-order valence-corrected chi connectivity index (χ4v) is 5.07. The molecule has 0 spiro atoms. The molecule has 0 aliphatic heterocycles. The van der Waals surface area contributed by atoms with Crippen molar-refractivity contribution >= 4 is 9.84 Å². The standard InChI is InChI=1S/C31H33F3N2O2S/c1-29(2,3)22-12-8-20(9-13-22)26-27(21-10-18-25(19-11-21)39(7,37)38)36(35-28(26)31(32,33)34)24-16-14-23(15-17-24)30(4,5)6/h8-19H,1-7H3. The van der Waals surface area contributed by atoms with Crippen LogP contribution in [0.4, 0.5) is 13.2 Å². The molecule has 8 heteroatoms. The highest BCUT2D eigenvalue weighted by molar-refractivity contribution is 7.90. The first-order valence-electron chi connectivity index (χ1n) is 12.6. The van der Waals surface area contributed by atoms with Gasteiger partial charge in [0.15, 0.2) is 15.5 Å². The predicted octanol–water partition coefficient (Wildman–Crippen LogP) is 8.22. The number of sulfone groups is 1. The van der Waals surface area contributed by atoms with Gasteiger partial charge in [-0.1, -0.05) is 90.1 Å². The molecular weight excluding hydrogens is 521 g/mol. The second kappa shape index (κ2) is 9.66. The third-order valence-corrected chi connectivity index (χ3v) is 7.86. The maximum Gasteiger partial charge on any atom is 0.435 e.